The summed E-state index contributed by atoms with van der Waals surface area (Å²) >= 11 is 18.2. The molecule has 1 aliphatic heterocycles. The molecule has 2 aromatic carbocycles. The van der Waals surface area contributed by atoms with Gasteiger partial charge < -0.3 is 9.64 Å². The quantitative estimate of drug-likeness (QED) is 0.341. The zero-order valence-electron chi connectivity index (χ0n) is 18.2. The van der Waals surface area contributed by atoms with Crippen LogP contribution in [0.5, 0.6) is 0 Å². The number of rotatable bonds is 5. The Morgan fingerprint density at radius 2 is 1.65 bits per heavy atom. The van der Waals surface area contributed by atoms with Gasteiger partial charge in [-0.3, -0.25) is 0 Å². The number of para-hydroxylation sites is 2. The van der Waals surface area contributed by atoms with E-state index in [1.165, 1.54) is 16.4 Å². The van der Waals surface area contributed by atoms with Crippen LogP contribution in [0.1, 0.15) is 23.8 Å². The summed E-state index contributed by atoms with van der Waals surface area (Å²) in [4.78, 5) is 23.6. The summed E-state index contributed by atoms with van der Waals surface area (Å²) in [6.45, 7) is 3.08. The number of ether oxygens (including phenoxy) is 1. The Kier molecular flexibility index (Phi) is 7.49. The Hall–Kier alpha value is -2.17. The van der Waals surface area contributed by atoms with Gasteiger partial charge in [0.15, 0.2) is 11.5 Å². The maximum Gasteiger partial charge on any atom is 0.360 e. The summed E-state index contributed by atoms with van der Waals surface area (Å²) in [7, 11) is -3.93. The van der Waals surface area contributed by atoms with Crippen molar-refractivity contribution in [1.82, 2.24) is 14.3 Å². The highest BCUT2D eigenvalue weighted by Crippen LogP contribution is 2.33. The second-order valence-electron chi connectivity index (χ2n) is 7.55. The van der Waals surface area contributed by atoms with Gasteiger partial charge in [0.1, 0.15) is 4.90 Å². The Labute approximate surface area is 212 Å². The molecular formula is C22H21Cl3N4O4S. The number of carbonyl (C=O) groups is 1. The van der Waals surface area contributed by atoms with Gasteiger partial charge in [-0.1, -0.05) is 46.9 Å². The molecule has 0 atom stereocenters. The van der Waals surface area contributed by atoms with Gasteiger partial charge in [0, 0.05) is 26.2 Å². The minimum atomic E-state index is -3.93. The molecule has 0 radical (unpaired) electrons. The second-order valence-corrected chi connectivity index (χ2v) is 10.7. The fourth-order valence-electron chi connectivity index (χ4n) is 3.73. The Bertz CT molecular complexity index is 1350. The number of sulfonamides is 1. The number of hydrogen-bond donors (Lipinski definition) is 0. The summed E-state index contributed by atoms with van der Waals surface area (Å²) in [5.41, 5.74) is 1.30. The molecule has 0 N–H and O–H groups in total. The molecule has 0 saturated carbocycles. The largest absolute Gasteiger partial charge is 0.461 e. The average Bonchev–Trinajstić information content (AvgIpc) is 3.07. The summed E-state index contributed by atoms with van der Waals surface area (Å²) in [5, 5.41) is 0.279. The van der Waals surface area contributed by atoms with Crippen molar-refractivity contribution in [2.75, 3.05) is 37.7 Å². The normalized spacial score (nSPS) is 15.4. The minimum Gasteiger partial charge on any atom is -0.461 e. The molecule has 0 bridgehead atoms. The van der Waals surface area contributed by atoms with Crippen LogP contribution >= 0.6 is 34.8 Å². The number of fused-ring (bicyclic) bond motifs is 1. The van der Waals surface area contributed by atoms with Gasteiger partial charge in [-0.25, -0.2) is 23.2 Å². The van der Waals surface area contributed by atoms with Crippen molar-refractivity contribution in [2.45, 2.75) is 18.2 Å². The van der Waals surface area contributed by atoms with E-state index in [0.29, 0.717) is 29.8 Å². The van der Waals surface area contributed by atoms with Crippen molar-refractivity contribution in [1.29, 1.82) is 0 Å². The average molecular weight is 544 g/mol. The molecule has 0 amide bonds. The summed E-state index contributed by atoms with van der Waals surface area (Å²) in [5.74, 6) is -0.212. The van der Waals surface area contributed by atoms with E-state index in [4.69, 9.17) is 39.5 Å². The smallest absolute Gasteiger partial charge is 0.360 e. The molecule has 1 saturated heterocycles. The first-order valence-corrected chi connectivity index (χ1v) is 13.1. The highest BCUT2D eigenvalue weighted by Gasteiger charge is 2.31. The van der Waals surface area contributed by atoms with E-state index in [9.17, 15) is 13.2 Å². The minimum absolute atomic E-state index is 0.000459. The van der Waals surface area contributed by atoms with Gasteiger partial charge in [0.25, 0.3) is 0 Å². The van der Waals surface area contributed by atoms with E-state index < -0.39 is 16.0 Å². The highest BCUT2D eigenvalue weighted by molar-refractivity contribution is 7.89. The first kappa shape index (κ1) is 24.9. The third kappa shape index (κ3) is 4.94. The van der Waals surface area contributed by atoms with E-state index >= 15 is 0 Å². The number of halogens is 3. The maximum atomic E-state index is 13.3. The lowest BCUT2D eigenvalue weighted by molar-refractivity contribution is 0.0520. The van der Waals surface area contributed by atoms with Crippen LogP contribution in [0.25, 0.3) is 11.0 Å². The van der Waals surface area contributed by atoms with Crippen LogP contribution in [0.3, 0.4) is 0 Å². The number of hydrogen-bond acceptors (Lipinski definition) is 7. The maximum absolute atomic E-state index is 13.3. The molecule has 3 aromatic rings. The molecule has 1 aliphatic rings. The lowest BCUT2D eigenvalue weighted by Gasteiger charge is -2.24. The number of aromatic nitrogens is 2. The van der Waals surface area contributed by atoms with Gasteiger partial charge in [-0.05, 0) is 37.6 Å². The molecule has 8 nitrogen and oxygen atoms in total. The standard InChI is InChI=1S/C22H21Cl3N4O4S/c1-2-33-22(30)20-21(27-18-7-4-3-6-17(18)26-20)28-8-5-9-29(11-10-28)34(31,32)19-13-15(24)14(23)12-16(19)25/h3-4,6-7,12-13H,2,5,8-11H2,1H3. The van der Waals surface area contributed by atoms with Gasteiger partial charge >= 0.3 is 5.97 Å². The van der Waals surface area contributed by atoms with Crippen LogP contribution < -0.4 is 4.90 Å². The zero-order chi connectivity index (χ0) is 24.5. The lowest BCUT2D eigenvalue weighted by Crippen LogP contribution is -2.36. The number of esters is 1. The highest BCUT2D eigenvalue weighted by atomic mass is 35.5. The molecular weight excluding hydrogens is 523 g/mol. The van der Waals surface area contributed by atoms with Crippen molar-refractivity contribution >= 4 is 67.6 Å². The third-order valence-electron chi connectivity index (χ3n) is 5.37. The summed E-state index contributed by atoms with van der Waals surface area (Å²) in [6.07, 6.45) is 0.495. The molecule has 0 unspecified atom stereocenters. The van der Waals surface area contributed by atoms with Crippen LogP contribution in [-0.2, 0) is 14.8 Å². The first-order chi connectivity index (χ1) is 16.2. The van der Waals surface area contributed by atoms with Crippen LogP contribution in [0.15, 0.2) is 41.3 Å². The predicted octanol–water partition coefficient (Wildman–Crippen LogP) is 4.67. The topological polar surface area (TPSA) is 92.7 Å². The molecule has 34 heavy (non-hydrogen) atoms. The Morgan fingerprint density at radius 1 is 0.971 bits per heavy atom. The van der Waals surface area contributed by atoms with Crippen molar-refractivity contribution in [2.24, 2.45) is 0 Å². The van der Waals surface area contributed by atoms with Crippen molar-refractivity contribution in [3.05, 3.63) is 57.2 Å². The predicted molar refractivity (Wildman–Crippen MR) is 133 cm³/mol. The van der Waals surface area contributed by atoms with Gasteiger partial charge in [0.05, 0.1) is 32.7 Å². The van der Waals surface area contributed by atoms with E-state index in [0.717, 1.165) is 0 Å². The van der Waals surface area contributed by atoms with Crippen LogP contribution in [0, 0.1) is 0 Å². The fourth-order valence-corrected chi connectivity index (χ4v) is 6.18. The van der Waals surface area contributed by atoms with Gasteiger partial charge in [0.2, 0.25) is 10.0 Å². The first-order valence-electron chi connectivity index (χ1n) is 10.6. The molecule has 2 heterocycles. The van der Waals surface area contributed by atoms with Crippen LogP contribution in [-0.4, -0.2) is 61.4 Å². The molecule has 1 fully saturated rings. The molecule has 0 spiro atoms. The molecule has 0 aliphatic carbocycles. The lowest BCUT2D eigenvalue weighted by atomic mass is 10.2. The number of nitrogens with zero attached hydrogens (tertiary/aromatic N) is 4. The Morgan fingerprint density at radius 3 is 2.35 bits per heavy atom. The number of carbonyl (C=O) groups excluding carboxylic acids is 1. The second kappa shape index (κ2) is 10.2. The van der Waals surface area contributed by atoms with Crippen molar-refractivity contribution in [3.8, 4) is 0 Å². The van der Waals surface area contributed by atoms with Gasteiger partial charge in [-0.2, -0.15) is 4.31 Å². The molecule has 12 heteroatoms. The summed E-state index contributed by atoms with van der Waals surface area (Å²) < 4.78 is 33.2. The molecule has 1 aromatic heterocycles. The molecule has 4 rings (SSSR count). The van der Waals surface area contributed by atoms with E-state index in [2.05, 4.69) is 9.97 Å². The third-order valence-corrected chi connectivity index (χ3v) is 8.45. The van der Waals surface area contributed by atoms with Crippen molar-refractivity contribution < 1.29 is 17.9 Å². The van der Waals surface area contributed by atoms with E-state index in [1.54, 1.807) is 13.0 Å². The van der Waals surface area contributed by atoms with Crippen molar-refractivity contribution in [3.63, 3.8) is 0 Å². The van der Waals surface area contributed by atoms with Crippen LogP contribution in [0.4, 0.5) is 5.82 Å². The molecule has 180 valence electrons. The van der Waals surface area contributed by atoms with Crippen LogP contribution in [0.2, 0.25) is 15.1 Å². The summed E-state index contributed by atoms with van der Waals surface area (Å²) in [6, 6.07) is 9.81. The SMILES string of the molecule is CCOC(=O)c1nc2ccccc2nc1N1CCCN(S(=O)(=O)c2cc(Cl)c(Cl)cc2Cl)CC1. The van der Waals surface area contributed by atoms with E-state index in [-0.39, 0.29) is 51.9 Å². The Balaban J connectivity index is 1.65. The van der Waals surface area contributed by atoms with Gasteiger partial charge in [-0.15, -0.1) is 0 Å². The van der Waals surface area contributed by atoms with E-state index in [1.807, 2.05) is 23.1 Å². The zero-order valence-corrected chi connectivity index (χ0v) is 21.3. The number of anilines is 1. The fraction of sp³-hybridized carbons (Fsp3) is 0.318. The number of benzene rings is 2. The monoisotopic (exact) mass is 542 g/mol.